The van der Waals surface area contributed by atoms with Crippen LogP contribution in [0, 0.1) is 12.8 Å². The number of nitrogens with zero attached hydrogens (tertiary/aromatic N) is 1. The minimum absolute atomic E-state index is 0.145. The molecule has 0 radical (unpaired) electrons. The number of nitrogens with one attached hydrogen (secondary N) is 1. The van der Waals surface area contributed by atoms with E-state index in [4.69, 9.17) is 4.74 Å². The van der Waals surface area contributed by atoms with Gasteiger partial charge in [-0.1, -0.05) is 60.2 Å². The van der Waals surface area contributed by atoms with Gasteiger partial charge < -0.3 is 10.1 Å². The van der Waals surface area contributed by atoms with Crippen LogP contribution in [0.1, 0.15) is 35.6 Å². The van der Waals surface area contributed by atoms with E-state index in [9.17, 15) is 13.2 Å². The Balaban J connectivity index is 1.53. The van der Waals surface area contributed by atoms with Gasteiger partial charge in [0, 0.05) is 13.1 Å². The minimum atomic E-state index is -3.65. The van der Waals surface area contributed by atoms with E-state index in [2.05, 4.69) is 5.32 Å². The lowest BCUT2D eigenvalue weighted by Gasteiger charge is -2.32. The summed E-state index contributed by atoms with van der Waals surface area (Å²) in [5, 5.41) is 3.17. The normalized spacial score (nSPS) is 17.6. The maximum Gasteiger partial charge on any atom is 0.243 e. The van der Waals surface area contributed by atoms with E-state index in [1.807, 2.05) is 61.5 Å². The van der Waals surface area contributed by atoms with Crippen LogP contribution in [0.2, 0.25) is 0 Å². The second-order valence-electron chi connectivity index (χ2n) is 8.64. The molecule has 1 saturated heterocycles. The van der Waals surface area contributed by atoms with Gasteiger partial charge in [0.25, 0.3) is 0 Å². The van der Waals surface area contributed by atoms with E-state index >= 15 is 0 Å². The highest BCUT2D eigenvalue weighted by Gasteiger charge is 2.34. The molecule has 1 aliphatic heterocycles. The zero-order valence-corrected chi connectivity index (χ0v) is 20.3. The first kappa shape index (κ1) is 24.0. The third kappa shape index (κ3) is 5.32. The van der Waals surface area contributed by atoms with Crippen LogP contribution in [0.4, 0.5) is 0 Å². The molecule has 0 aliphatic carbocycles. The summed E-state index contributed by atoms with van der Waals surface area (Å²) < 4.78 is 33.1. The highest BCUT2D eigenvalue weighted by atomic mass is 32.2. The van der Waals surface area contributed by atoms with Crippen molar-refractivity contribution in [2.45, 2.75) is 30.7 Å². The number of ether oxygens (including phenoxy) is 1. The van der Waals surface area contributed by atoms with Crippen LogP contribution in [-0.2, 0) is 14.8 Å². The van der Waals surface area contributed by atoms with Crippen molar-refractivity contribution in [3.05, 3.63) is 95.6 Å². The fourth-order valence-electron chi connectivity index (χ4n) is 4.30. The summed E-state index contributed by atoms with van der Waals surface area (Å²) in [4.78, 5) is 13.6. The fraction of sp³-hybridized carbons (Fsp3) is 0.296. The largest absolute Gasteiger partial charge is 0.497 e. The van der Waals surface area contributed by atoms with Gasteiger partial charge in [0.1, 0.15) is 5.75 Å². The lowest BCUT2D eigenvalue weighted by molar-refractivity contribution is -0.126. The van der Waals surface area contributed by atoms with Crippen LogP contribution >= 0.6 is 0 Å². The first-order valence-corrected chi connectivity index (χ1v) is 12.9. The number of rotatable bonds is 7. The van der Waals surface area contributed by atoms with Gasteiger partial charge in [0.2, 0.25) is 15.9 Å². The van der Waals surface area contributed by atoms with Crippen LogP contribution in [0.5, 0.6) is 5.75 Å². The number of hydrogen-bond donors (Lipinski definition) is 1. The Morgan fingerprint density at radius 1 is 0.971 bits per heavy atom. The summed E-state index contributed by atoms with van der Waals surface area (Å²) in [7, 11) is -2.03. The van der Waals surface area contributed by atoms with Gasteiger partial charge in [-0.2, -0.15) is 4.31 Å². The Kier molecular flexibility index (Phi) is 7.34. The maximum atomic E-state index is 13.4. The molecule has 0 spiro atoms. The van der Waals surface area contributed by atoms with Crippen LogP contribution in [0.25, 0.3) is 0 Å². The molecule has 4 rings (SSSR count). The topological polar surface area (TPSA) is 75.7 Å². The molecule has 34 heavy (non-hydrogen) atoms. The van der Waals surface area contributed by atoms with Crippen molar-refractivity contribution in [1.82, 2.24) is 9.62 Å². The van der Waals surface area contributed by atoms with E-state index in [0.29, 0.717) is 19.4 Å². The number of amides is 1. The molecule has 3 aromatic carbocycles. The third-order valence-electron chi connectivity index (χ3n) is 6.28. The summed E-state index contributed by atoms with van der Waals surface area (Å²) in [5.41, 5.74) is 2.89. The Bertz CT molecular complexity index is 1210. The van der Waals surface area contributed by atoms with Crippen molar-refractivity contribution in [2.75, 3.05) is 20.2 Å². The summed E-state index contributed by atoms with van der Waals surface area (Å²) in [6, 6.07) is 23.9. The molecule has 3 aromatic rings. The summed E-state index contributed by atoms with van der Waals surface area (Å²) in [6.07, 6.45) is 1.29. The number of benzene rings is 3. The molecule has 1 heterocycles. The number of hydrogen-bond acceptors (Lipinski definition) is 4. The van der Waals surface area contributed by atoms with Crippen molar-refractivity contribution in [2.24, 2.45) is 5.92 Å². The van der Waals surface area contributed by atoms with Gasteiger partial charge in [0.05, 0.1) is 24.0 Å². The Morgan fingerprint density at radius 3 is 2.26 bits per heavy atom. The number of carbonyl (C=O) groups is 1. The lowest BCUT2D eigenvalue weighted by atomic mass is 9.95. The highest BCUT2D eigenvalue weighted by Crippen LogP contribution is 2.28. The third-order valence-corrected chi connectivity index (χ3v) is 8.16. The number of aryl methyl sites for hydroxylation is 1. The Labute approximate surface area is 201 Å². The minimum Gasteiger partial charge on any atom is -0.497 e. The highest BCUT2D eigenvalue weighted by molar-refractivity contribution is 7.89. The number of carbonyl (C=O) groups excluding carboxylic acids is 1. The molecule has 178 valence electrons. The van der Waals surface area contributed by atoms with Gasteiger partial charge in [-0.15, -0.1) is 0 Å². The predicted octanol–water partition coefficient (Wildman–Crippen LogP) is 4.31. The average Bonchev–Trinajstić information content (AvgIpc) is 2.88. The quantitative estimate of drug-likeness (QED) is 0.549. The van der Waals surface area contributed by atoms with Gasteiger partial charge in [-0.25, -0.2) is 8.42 Å². The molecule has 0 unspecified atom stereocenters. The molecular formula is C27H30N2O4S. The second-order valence-corrected chi connectivity index (χ2v) is 10.6. The summed E-state index contributed by atoms with van der Waals surface area (Å²) >= 11 is 0. The van der Waals surface area contributed by atoms with E-state index in [1.165, 1.54) is 4.31 Å². The molecule has 7 heteroatoms. The lowest BCUT2D eigenvalue weighted by Crippen LogP contribution is -2.46. The average molecular weight is 479 g/mol. The van der Waals surface area contributed by atoms with Crippen LogP contribution in [-0.4, -0.2) is 38.8 Å². The smallest absolute Gasteiger partial charge is 0.243 e. The molecule has 1 N–H and O–H groups in total. The summed E-state index contributed by atoms with van der Waals surface area (Å²) in [6.45, 7) is 2.51. The van der Waals surface area contributed by atoms with E-state index in [0.717, 1.165) is 22.4 Å². The molecular weight excluding hydrogens is 448 g/mol. The van der Waals surface area contributed by atoms with Gasteiger partial charge >= 0.3 is 0 Å². The fourth-order valence-corrected chi connectivity index (χ4v) is 5.82. The van der Waals surface area contributed by atoms with E-state index in [-0.39, 0.29) is 23.4 Å². The zero-order valence-electron chi connectivity index (χ0n) is 19.5. The van der Waals surface area contributed by atoms with E-state index in [1.54, 1.807) is 31.4 Å². The molecule has 0 saturated carbocycles. The molecule has 0 aromatic heterocycles. The Hall–Kier alpha value is -3.16. The SMILES string of the molecule is COc1ccc([C@@H](NC(=O)[C@@H]2CCCN(S(=O)(=O)c3ccc(C)cc3)C2)c2ccccc2)cc1. The van der Waals surface area contributed by atoms with Crippen LogP contribution in [0.3, 0.4) is 0 Å². The second kappa shape index (κ2) is 10.4. The van der Waals surface area contributed by atoms with Crippen LogP contribution < -0.4 is 10.1 Å². The number of methoxy groups -OCH3 is 1. The molecule has 0 bridgehead atoms. The van der Waals surface area contributed by atoms with Crippen molar-refractivity contribution < 1.29 is 17.9 Å². The van der Waals surface area contributed by atoms with Crippen molar-refractivity contribution in [1.29, 1.82) is 0 Å². The van der Waals surface area contributed by atoms with Crippen molar-refractivity contribution in [3.8, 4) is 5.75 Å². The number of piperidine rings is 1. The van der Waals surface area contributed by atoms with Gasteiger partial charge in [-0.3, -0.25) is 4.79 Å². The molecule has 1 amide bonds. The zero-order chi connectivity index (χ0) is 24.1. The monoisotopic (exact) mass is 478 g/mol. The molecule has 1 fully saturated rings. The predicted molar refractivity (Wildman–Crippen MR) is 132 cm³/mol. The first-order valence-electron chi connectivity index (χ1n) is 11.4. The molecule has 2 atom stereocenters. The van der Waals surface area contributed by atoms with Crippen molar-refractivity contribution in [3.63, 3.8) is 0 Å². The molecule has 1 aliphatic rings. The standard InChI is InChI=1S/C27H30N2O4S/c1-20-10-16-25(17-11-20)34(31,32)29-18-6-9-23(19-29)27(30)28-26(21-7-4-3-5-8-21)22-12-14-24(33-2)15-13-22/h3-5,7-8,10-17,23,26H,6,9,18-19H2,1-2H3,(H,28,30)/t23-,26+/m1/s1. The first-order chi connectivity index (χ1) is 16.4. The van der Waals surface area contributed by atoms with Crippen molar-refractivity contribution >= 4 is 15.9 Å². The van der Waals surface area contributed by atoms with E-state index < -0.39 is 15.9 Å². The van der Waals surface area contributed by atoms with Gasteiger partial charge in [-0.05, 0) is 55.2 Å². The molecule has 6 nitrogen and oxygen atoms in total. The van der Waals surface area contributed by atoms with Crippen LogP contribution in [0.15, 0.2) is 83.8 Å². The van der Waals surface area contributed by atoms with Gasteiger partial charge in [0.15, 0.2) is 0 Å². The Morgan fingerprint density at radius 2 is 1.62 bits per heavy atom. The number of sulfonamides is 1. The maximum absolute atomic E-state index is 13.4. The summed E-state index contributed by atoms with van der Waals surface area (Å²) in [5.74, 6) is 0.179.